The third kappa shape index (κ3) is 5.82. The minimum atomic E-state index is -0.149. The smallest absolute Gasteiger partial charge is 0.160 e. The summed E-state index contributed by atoms with van der Waals surface area (Å²) >= 11 is 0. The van der Waals surface area contributed by atoms with Gasteiger partial charge in [0.05, 0.1) is 11.4 Å². The molecule has 3 heteroatoms. The Labute approximate surface area is 371 Å². The van der Waals surface area contributed by atoms with Crippen molar-refractivity contribution in [3.63, 3.8) is 0 Å². The minimum Gasteiger partial charge on any atom is -0.456 e. The van der Waals surface area contributed by atoms with E-state index in [-0.39, 0.29) is 5.41 Å². The van der Waals surface area contributed by atoms with Gasteiger partial charge in [-0.05, 0) is 131 Å². The fourth-order valence-corrected chi connectivity index (χ4v) is 10.2. The van der Waals surface area contributed by atoms with Gasteiger partial charge in [0.2, 0.25) is 0 Å². The molecule has 0 N–H and O–H groups in total. The van der Waals surface area contributed by atoms with E-state index in [0.29, 0.717) is 5.82 Å². The van der Waals surface area contributed by atoms with Crippen LogP contribution in [0.2, 0.25) is 0 Å². The average Bonchev–Trinajstić information content (AvgIpc) is 3.81. The highest BCUT2D eigenvalue weighted by molar-refractivity contribution is 6.11. The van der Waals surface area contributed by atoms with Gasteiger partial charge in [0, 0.05) is 32.9 Å². The van der Waals surface area contributed by atoms with E-state index in [1.165, 1.54) is 71.4 Å². The maximum atomic E-state index is 6.28. The molecule has 2 aromatic heterocycles. The second-order valence-corrected chi connectivity index (χ2v) is 17.8. The Morgan fingerprint density at radius 1 is 0.344 bits per heavy atom. The summed E-state index contributed by atoms with van der Waals surface area (Å²) in [5, 5.41) is 9.54. The van der Waals surface area contributed by atoms with Crippen LogP contribution >= 0.6 is 0 Å². The SMILES string of the molecule is CC1(C)c2cc3ccccc3cc2-c2c(-c3cc(-c4ccc5cc(-c6ccc(-c7ccc8oc9cc%10ccccc%10cc9c8c7)cc6)ccc5c4)nc(-c4ccccc4)n3)cccc21. The molecule has 0 saturated heterocycles. The molecule has 0 atom stereocenters. The number of rotatable bonds is 5. The van der Waals surface area contributed by atoms with Crippen molar-refractivity contribution in [1.82, 2.24) is 9.97 Å². The highest BCUT2D eigenvalue weighted by atomic mass is 16.3. The number of fused-ring (bicyclic) bond motifs is 9. The van der Waals surface area contributed by atoms with Gasteiger partial charge in [-0.1, -0.05) is 166 Å². The van der Waals surface area contributed by atoms with Crippen LogP contribution < -0.4 is 0 Å². The third-order valence-corrected chi connectivity index (χ3v) is 13.6. The lowest BCUT2D eigenvalue weighted by molar-refractivity contribution is 0.661. The molecular formula is C61H40N2O. The van der Waals surface area contributed by atoms with Gasteiger partial charge in [0.1, 0.15) is 11.2 Å². The second-order valence-electron chi connectivity index (χ2n) is 17.8. The molecule has 0 bridgehead atoms. The molecule has 300 valence electrons. The molecule has 1 aliphatic carbocycles. The Morgan fingerprint density at radius 3 is 1.66 bits per heavy atom. The molecule has 64 heavy (non-hydrogen) atoms. The van der Waals surface area contributed by atoms with E-state index in [0.717, 1.165) is 55.4 Å². The summed E-state index contributed by atoms with van der Waals surface area (Å²) in [5.74, 6) is 0.715. The summed E-state index contributed by atoms with van der Waals surface area (Å²) in [7, 11) is 0. The fourth-order valence-electron chi connectivity index (χ4n) is 10.2. The predicted molar refractivity (Wildman–Crippen MR) is 267 cm³/mol. The standard InChI is InChI=1S/C61H40N2O/c1-61(2)53-18-10-17-49(59(53)52-33-41-14-6-8-15-42(41)34-54(52)61)56-36-55(62-60(63-56)39-11-4-3-5-12-39)48-26-25-45-29-44(23-24-46(45)30-48)37-19-21-38(22-20-37)47-27-28-57-50(32-47)51-31-40-13-7-9-16-43(40)35-58(51)64-57/h3-36H,1-2H3. The topological polar surface area (TPSA) is 38.9 Å². The van der Waals surface area contributed by atoms with Crippen LogP contribution in [0.3, 0.4) is 0 Å². The zero-order valence-electron chi connectivity index (χ0n) is 35.4. The highest BCUT2D eigenvalue weighted by Gasteiger charge is 2.37. The minimum absolute atomic E-state index is 0.149. The van der Waals surface area contributed by atoms with Gasteiger partial charge in [-0.2, -0.15) is 0 Å². The molecule has 0 amide bonds. The molecule has 0 radical (unpaired) electrons. The quantitative estimate of drug-likeness (QED) is 0.174. The average molecular weight is 817 g/mol. The van der Waals surface area contributed by atoms with Crippen LogP contribution in [0.4, 0.5) is 0 Å². The van der Waals surface area contributed by atoms with Crippen molar-refractivity contribution >= 4 is 54.3 Å². The largest absolute Gasteiger partial charge is 0.456 e. The first kappa shape index (κ1) is 36.5. The molecule has 0 unspecified atom stereocenters. The van der Waals surface area contributed by atoms with Crippen LogP contribution in [0.1, 0.15) is 25.0 Å². The number of furan rings is 1. The van der Waals surface area contributed by atoms with Crippen LogP contribution in [-0.2, 0) is 5.41 Å². The molecule has 13 rings (SSSR count). The van der Waals surface area contributed by atoms with E-state index >= 15 is 0 Å². The fraction of sp³-hybridized carbons (Fsp3) is 0.0492. The zero-order valence-corrected chi connectivity index (χ0v) is 35.4. The van der Waals surface area contributed by atoms with Crippen LogP contribution in [-0.4, -0.2) is 9.97 Å². The van der Waals surface area contributed by atoms with Crippen LogP contribution in [0.25, 0.3) is 122 Å². The lowest BCUT2D eigenvalue weighted by Gasteiger charge is -2.22. The van der Waals surface area contributed by atoms with Gasteiger partial charge in [-0.25, -0.2) is 9.97 Å². The van der Waals surface area contributed by atoms with Gasteiger partial charge in [-0.3, -0.25) is 0 Å². The number of nitrogens with zero attached hydrogens (tertiary/aromatic N) is 2. The van der Waals surface area contributed by atoms with Crippen molar-refractivity contribution in [2.75, 3.05) is 0 Å². The Balaban J connectivity index is 0.856. The van der Waals surface area contributed by atoms with Crippen LogP contribution in [0, 0.1) is 0 Å². The highest BCUT2D eigenvalue weighted by Crippen LogP contribution is 2.53. The van der Waals surface area contributed by atoms with Gasteiger partial charge in [-0.15, -0.1) is 0 Å². The molecule has 12 aromatic rings. The van der Waals surface area contributed by atoms with Crippen molar-refractivity contribution in [3.05, 3.63) is 217 Å². The molecule has 0 fully saturated rings. The monoisotopic (exact) mass is 816 g/mol. The van der Waals surface area contributed by atoms with E-state index < -0.39 is 0 Å². The summed E-state index contributed by atoms with van der Waals surface area (Å²) in [4.78, 5) is 10.5. The number of hydrogen-bond acceptors (Lipinski definition) is 3. The summed E-state index contributed by atoms with van der Waals surface area (Å²) in [6, 6.07) is 74.4. The lowest BCUT2D eigenvalue weighted by Crippen LogP contribution is -2.14. The van der Waals surface area contributed by atoms with Crippen LogP contribution in [0.15, 0.2) is 211 Å². The Bertz CT molecular complexity index is 3860. The Morgan fingerprint density at radius 2 is 0.906 bits per heavy atom. The first-order valence-corrected chi connectivity index (χ1v) is 22.0. The Hall–Kier alpha value is -8.14. The van der Waals surface area contributed by atoms with Crippen molar-refractivity contribution in [1.29, 1.82) is 0 Å². The van der Waals surface area contributed by atoms with Crippen molar-refractivity contribution < 1.29 is 4.42 Å². The number of hydrogen-bond donors (Lipinski definition) is 0. The molecule has 0 spiro atoms. The summed E-state index contributed by atoms with van der Waals surface area (Å²) in [6.45, 7) is 4.69. The van der Waals surface area contributed by atoms with E-state index in [2.05, 4.69) is 214 Å². The normalized spacial score (nSPS) is 13.0. The van der Waals surface area contributed by atoms with Crippen molar-refractivity contribution in [2.45, 2.75) is 19.3 Å². The first-order chi connectivity index (χ1) is 31.4. The van der Waals surface area contributed by atoms with Crippen LogP contribution in [0.5, 0.6) is 0 Å². The molecule has 1 aliphatic rings. The third-order valence-electron chi connectivity index (χ3n) is 13.6. The molecule has 0 aliphatic heterocycles. The summed E-state index contributed by atoms with van der Waals surface area (Å²) in [5.41, 5.74) is 16.6. The first-order valence-electron chi connectivity index (χ1n) is 22.0. The van der Waals surface area contributed by atoms with E-state index in [1.807, 2.05) is 6.07 Å². The van der Waals surface area contributed by atoms with Gasteiger partial charge < -0.3 is 4.42 Å². The molecule has 10 aromatic carbocycles. The number of aromatic nitrogens is 2. The van der Waals surface area contributed by atoms with Gasteiger partial charge >= 0.3 is 0 Å². The van der Waals surface area contributed by atoms with Crippen molar-refractivity contribution in [2.24, 2.45) is 0 Å². The second kappa shape index (κ2) is 13.9. The Kier molecular flexibility index (Phi) is 7.95. The van der Waals surface area contributed by atoms with E-state index in [4.69, 9.17) is 14.4 Å². The zero-order chi connectivity index (χ0) is 42.5. The maximum Gasteiger partial charge on any atom is 0.160 e. The maximum absolute atomic E-state index is 6.28. The van der Waals surface area contributed by atoms with Gasteiger partial charge in [0.15, 0.2) is 5.82 Å². The molecule has 0 saturated carbocycles. The lowest BCUT2D eigenvalue weighted by atomic mass is 9.81. The summed E-state index contributed by atoms with van der Waals surface area (Å²) in [6.07, 6.45) is 0. The van der Waals surface area contributed by atoms with Gasteiger partial charge in [0.25, 0.3) is 0 Å². The molecular weight excluding hydrogens is 777 g/mol. The molecule has 3 nitrogen and oxygen atoms in total. The van der Waals surface area contributed by atoms with Crippen molar-refractivity contribution in [3.8, 4) is 67.3 Å². The number of benzene rings is 10. The summed E-state index contributed by atoms with van der Waals surface area (Å²) < 4.78 is 6.28. The van der Waals surface area contributed by atoms with E-state index in [1.54, 1.807) is 0 Å². The van der Waals surface area contributed by atoms with E-state index in [9.17, 15) is 0 Å². The predicted octanol–water partition coefficient (Wildman–Crippen LogP) is 16.5. The molecule has 2 heterocycles.